The van der Waals surface area contributed by atoms with Crippen LogP contribution >= 0.6 is 0 Å². The summed E-state index contributed by atoms with van der Waals surface area (Å²) in [6.45, 7) is 5.87. The van der Waals surface area contributed by atoms with Crippen LogP contribution in [0.5, 0.6) is 0 Å². The van der Waals surface area contributed by atoms with E-state index in [2.05, 4.69) is 17.1 Å². The molecule has 1 aliphatic rings. The maximum Gasteiger partial charge on any atom is 0.0597 e. The first-order valence-corrected chi connectivity index (χ1v) is 5.89. The number of aliphatic hydroxyl groups is 1. The Labute approximate surface area is 92.6 Å². The van der Waals surface area contributed by atoms with Crippen molar-refractivity contribution in [1.29, 1.82) is 0 Å². The molecule has 1 aliphatic carbocycles. The summed E-state index contributed by atoms with van der Waals surface area (Å²) < 4.78 is 5.10. The predicted octanol–water partition coefficient (Wildman–Crippen LogP) is 0.0676. The van der Waals surface area contributed by atoms with Crippen LogP contribution < -0.4 is 5.32 Å². The van der Waals surface area contributed by atoms with Crippen LogP contribution in [0.1, 0.15) is 19.8 Å². The summed E-state index contributed by atoms with van der Waals surface area (Å²) in [5.41, 5.74) is 0. The van der Waals surface area contributed by atoms with Crippen LogP contribution in [-0.2, 0) is 4.74 Å². The van der Waals surface area contributed by atoms with Crippen molar-refractivity contribution in [3.63, 3.8) is 0 Å². The smallest absolute Gasteiger partial charge is 0.0597 e. The first kappa shape index (κ1) is 12.9. The number of hydrogen-bond acceptors (Lipinski definition) is 4. The van der Waals surface area contributed by atoms with Crippen molar-refractivity contribution >= 4 is 0 Å². The van der Waals surface area contributed by atoms with Crippen LogP contribution in [0.4, 0.5) is 0 Å². The quantitative estimate of drug-likeness (QED) is 0.572. The number of rotatable bonds is 9. The molecule has 90 valence electrons. The lowest BCUT2D eigenvalue weighted by Crippen LogP contribution is -2.45. The number of nitrogens with one attached hydrogen (secondary N) is 1. The van der Waals surface area contributed by atoms with Gasteiger partial charge in [0.1, 0.15) is 0 Å². The summed E-state index contributed by atoms with van der Waals surface area (Å²) in [7, 11) is 1.74. The van der Waals surface area contributed by atoms with Crippen LogP contribution in [0.3, 0.4) is 0 Å². The highest BCUT2D eigenvalue weighted by Gasteiger charge is 2.29. The molecular formula is C11H24N2O2. The van der Waals surface area contributed by atoms with Crippen LogP contribution in [0.15, 0.2) is 0 Å². The van der Waals surface area contributed by atoms with Crippen molar-refractivity contribution in [1.82, 2.24) is 10.2 Å². The molecule has 0 spiro atoms. The van der Waals surface area contributed by atoms with E-state index in [1.807, 2.05) is 0 Å². The Kier molecular flexibility index (Phi) is 6.17. The minimum absolute atomic E-state index is 0.201. The predicted molar refractivity (Wildman–Crippen MR) is 61.0 cm³/mol. The first-order chi connectivity index (χ1) is 7.31. The molecule has 4 heteroatoms. The Morgan fingerprint density at radius 3 is 2.73 bits per heavy atom. The number of aliphatic hydroxyl groups excluding tert-OH is 1. The van der Waals surface area contributed by atoms with E-state index in [0.29, 0.717) is 0 Å². The SMILES string of the molecule is CCNC(CO)CN(CCOC)C1CC1. The molecule has 0 aliphatic heterocycles. The summed E-state index contributed by atoms with van der Waals surface area (Å²) in [6.07, 6.45) is 2.60. The Bertz CT molecular complexity index is 163. The number of likely N-dealkylation sites (N-methyl/N-ethyl adjacent to an activating group) is 1. The summed E-state index contributed by atoms with van der Waals surface area (Å²) >= 11 is 0. The monoisotopic (exact) mass is 216 g/mol. The molecule has 1 fully saturated rings. The van der Waals surface area contributed by atoms with Crippen LogP contribution in [-0.4, -0.2) is 62.0 Å². The lowest BCUT2D eigenvalue weighted by molar-refractivity contribution is 0.124. The Morgan fingerprint density at radius 1 is 1.53 bits per heavy atom. The van der Waals surface area contributed by atoms with Gasteiger partial charge in [-0.3, -0.25) is 4.90 Å². The molecule has 1 saturated carbocycles. The molecule has 0 radical (unpaired) electrons. The molecule has 0 aromatic carbocycles. The van der Waals surface area contributed by atoms with Gasteiger partial charge in [-0.05, 0) is 19.4 Å². The molecular weight excluding hydrogens is 192 g/mol. The van der Waals surface area contributed by atoms with Crippen LogP contribution in [0.25, 0.3) is 0 Å². The number of ether oxygens (including phenoxy) is 1. The maximum absolute atomic E-state index is 9.21. The van der Waals surface area contributed by atoms with Gasteiger partial charge in [0.25, 0.3) is 0 Å². The summed E-state index contributed by atoms with van der Waals surface area (Å²) in [5, 5.41) is 12.5. The topological polar surface area (TPSA) is 44.7 Å². The zero-order valence-corrected chi connectivity index (χ0v) is 9.91. The van der Waals surface area contributed by atoms with Gasteiger partial charge >= 0.3 is 0 Å². The van der Waals surface area contributed by atoms with E-state index in [1.54, 1.807) is 7.11 Å². The summed E-state index contributed by atoms with van der Waals surface area (Å²) in [4.78, 5) is 2.42. The minimum Gasteiger partial charge on any atom is -0.395 e. The molecule has 1 rings (SSSR count). The van der Waals surface area contributed by atoms with Gasteiger partial charge in [0.05, 0.1) is 13.2 Å². The fraction of sp³-hybridized carbons (Fsp3) is 1.00. The first-order valence-electron chi connectivity index (χ1n) is 5.89. The molecule has 0 amide bonds. The minimum atomic E-state index is 0.201. The van der Waals surface area contributed by atoms with Gasteiger partial charge < -0.3 is 15.2 Å². The van der Waals surface area contributed by atoms with Gasteiger partial charge in [0.15, 0.2) is 0 Å². The molecule has 4 nitrogen and oxygen atoms in total. The lowest BCUT2D eigenvalue weighted by Gasteiger charge is -2.26. The summed E-state index contributed by atoms with van der Waals surface area (Å²) in [6, 6.07) is 0.931. The molecule has 2 N–H and O–H groups in total. The van der Waals surface area contributed by atoms with E-state index >= 15 is 0 Å². The number of hydrogen-bond donors (Lipinski definition) is 2. The highest BCUT2D eigenvalue weighted by Crippen LogP contribution is 2.26. The Morgan fingerprint density at radius 2 is 2.27 bits per heavy atom. The molecule has 0 bridgehead atoms. The van der Waals surface area contributed by atoms with Crippen molar-refractivity contribution in [2.24, 2.45) is 0 Å². The van der Waals surface area contributed by atoms with Gasteiger partial charge in [-0.15, -0.1) is 0 Å². The largest absolute Gasteiger partial charge is 0.395 e. The van der Waals surface area contributed by atoms with E-state index in [9.17, 15) is 5.11 Å². The van der Waals surface area contributed by atoms with Gasteiger partial charge in [-0.2, -0.15) is 0 Å². The number of nitrogens with zero attached hydrogens (tertiary/aromatic N) is 1. The zero-order valence-electron chi connectivity index (χ0n) is 9.91. The fourth-order valence-corrected chi connectivity index (χ4v) is 1.83. The Balaban J connectivity index is 2.27. The standard InChI is InChI=1S/C11H24N2O2/c1-3-12-10(9-14)8-13(6-7-15-2)11-4-5-11/h10-12,14H,3-9H2,1-2H3. The van der Waals surface area contributed by atoms with Crippen molar-refractivity contribution in [2.45, 2.75) is 31.8 Å². The molecule has 1 atom stereocenters. The highest BCUT2D eigenvalue weighted by molar-refractivity contribution is 4.86. The van der Waals surface area contributed by atoms with Crippen molar-refractivity contribution in [2.75, 3.05) is 40.0 Å². The average molecular weight is 216 g/mol. The fourth-order valence-electron chi connectivity index (χ4n) is 1.83. The lowest BCUT2D eigenvalue weighted by atomic mass is 10.2. The average Bonchev–Trinajstić information content (AvgIpc) is 3.06. The zero-order chi connectivity index (χ0) is 11.1. The molecule has 1 unspecified atom stereocenters. The van der Waals surface area contributed by atoms with Crippen molar-refractivity contribution < 1.29 is 9.84 Å². The maximum atomic E-state index is 9.21. The Hall–Kier alpha value is -0.160. The highest BCUT2D eigenvalue weighted by atomic mass is 16.5. The van der Waals surface area contributed by atoms with Gasteiger partial charge in [-0.25, -0.2) is 0 Å². The molecule has 0 heterocycles. The van der Waals surface area contributed by atoms with E-state index in [1.165, 1.54) is 12.8 Å². The van der Waals surface area contributed by atoms with Crippen LogP contribution in [0, 0.1) is 0 Å². The van der Waals surface area contributed by atoms with E-state index in [4.69, 9.17) is 4.74 Å². The molecule has 0 aromatic heterocycles. The van der Waals surface area contributed by atoms with E-state index < -0.39 is 0 Å². The molecule has 0 aromatic rings. The second kappa shape index (κ2) is 7.17. The van der Waals surface area contributed by atoms with Crippen LogP contribution in [0.2, 0.25) is 0 Å². The normalized spacial score (nSPS) is 18.4. The van der Waals surface area contributed by atoms with E-state index in [0.717, 1.165) is 32.3 Å². The van der Waals surface area contributed by atoms with Gasteiger partial charge in [0.2, 0.25) is 0 Å². The van der Waals surface area contributed by atoms with Gasteiger partial charge in [-0.1, -0.05) is 6.92 Å². The third-order valence-electron chi connectivity index (χ3n) is 2.81. The van der Waals surface area contributed by atoms with Crippen molar-refractivity contribution in [3.8, 4) is 0 Å². The number of methoxy groups -OCH3 is 1. The van der Waals surface area contributed by atoms with Crippen molar-refractivity contribution in [3.05, 3.63) is 0 Å². The van der Waals surface area contributed by atoms with Gasteiger partial charge in [0, 0.05) is 32.3 Å². The third kappa shape index (κ3) is 4.93. The summed E-state index contributed by atoms with van der Waals surface area (Å²) in [5.74, 6) is 0. The third-order valence-corrected chi connectivity index (χ3v) is 2.81. The second-order valence-electron chi connectivity index (χ2n) is 4.16. The van der Waals surface area contributed by atoms with E-state index in [-0.39, 0.29) is 12.6 Å². The second-order valence-corrected chi connectivity index (χ2v) is 4.16. The molecule has 0 saturated heterocycles. The molecule has 15 heavy (non-hydrogen) atoms.